The van der Waals surface area contributed by atoms with Gasteiger partial charge in [-0.25, -0.2) is 9.78 Å². The summed E-state index contributed by atoms with van der Waals surface area (Å²) in [6, 6.07) is 24.2. The van der Waals surface area contributed by atoms with Gasteiger partial charge in [0.1, 0.15) is 23.8 Å². The molecule has 0 aliphatic rings. The molecule has 0 saturated heterocycles. The number of carboxylic acids is 1. The van der Waals surface area contributed by atoms with Gasteiger partial charge in [-0.05, 0) is 80.1 Å². The number of carboxylic acid groups (broad SMARTS) is 1. The second-order valence-electron chi connectivity index (χ2n) is 9.21. The number of unbranched alkanes of at least 4 members (excludes halogenated alkanes) is 1. The summed E-state index contributed by atoms with van der Waals surface area (Å²) in [5, 5.41) is 9.35. The highest BCUT2D eigenvalue weighted by Crippen LogP contribution is 2.23. The summed E-state index contributed by atoms with van der Waals surface area (Å²) in [6.45, 7) is 1.59. The highest BCUT2D eigenvalue weighted by atomic mass is 16.6. The van der Waals surface area contributed by atoms with Crippen LogP contribution in [-0.4, -0.2) is 40.7 Å². The first-order valence-corrected chi connectivity index (χ1v) is 12.8. The van der Waals surface area contributed by atoms with E-state index in [0.717, 1.165) is 53.8 Å². The number of oxazole rings is 1. The van der Waals surface area contributed by atoms with Crippen LogP contribution in [0.5, 0.6) is 11.5 Å². The zero-order valence-corrected chi connectivity index (χ0v) is 22.1. The first-order valence-electron chi connectivity index (χ1n) is 12.8. The Kier molecular flexibility index (Phi) is 9.34. The summed E-state index contributed by atoms with van der Waals surface area (Å²) >= 11 is 0. The van der Waals surface area contributed by atoms with E-state index in [4.69, 9.17) is 13.9 Å². The van der Waals surface area contributed by atoms with Crippen molar-refractivity contribution in [3.63, 3.8) is 0 Å². The summed E-state index contributed by atoms with van der Waals surface area (Å²) in [4.78, 5) is 30.0. The quantitative estimate of drug-likeness (QED) is 0.215. The largest absolute Gasteiger partial charge is 0.497 e. The fraction of sp³-hybridized carbons (Fsp3) is 0.258. The van der Waals surface area contributed by atoms with Gasteiger partial charge in [0, 0.05) is 12.1 Å². The molecule has 1 heterocycles. The molecule has 4 aromatic rings. The molecule has 0 radical (unpaired) electrons. The van der Waals surface area contributed by atoms with Gasteiger partial charge in [-0.3, -0.25) is 9.69 Å². The predicted octanol–water partition coefficient (Wildman–Crippen LogP) is 6.31. The Hall–Kier alpha value is -4.59. The minimum Gasteiger partial charge on any atom is -0.497 e. The van der Waals surface area contributed by atoms with Gasteiger partial charge in [0.25, 0.3) is 0 Å². The maximum absolute atomic E-state index is 12.8. The number of ether oxygens (including phenoxy) is 2. The van der Waals surface area contributed by atoms with Crippen molar-refractivity contribution in [1.29, 1.82) is 0 Å². The number of hydrogen-bond donors (Lipinski definition) is 1. The van der Waals surface area contributed by atoms with Gasteiger partial charge >= 0.3 is 12.1 Å². The number of rotatable bonds is 12. The average Bonchev–Trinajstić information content (AvgIpc) is 3.32. The molecule has 202 valence electrons. The van der Waals surface area contributed by atoms with Crippen molar-refractivity contribution in [3.8, 4) is 23.0 Å². The van der Waals surface area contributed by atoms with Crippen LogP contribution in [0.4, 0.5) is 4.79 Å². The van der Waals surface area contributed by atoms with Gasteiger partial charge in [0.15, 0.2) is 0 Å². The van der Waals surface area contributed by atoms with E-state index in [9.17, 15) is 14.7 Å². The van der Waals surface area contributed by atoms with E-state index in [0.29, 0.717) is 17.4 Å². The minimum atomic E-state index is -1.11. The van der Waals surface area contributed by atoms with Crippen LogP contribution in [0.15, 0.2) is 83.3 Å². The molecule has 0 unspecified atom stereocenters. The standard InChI is InChI=1S/C31H32N2O6/c1-22-28(32-30(38-22)25-12-4-3-5-13-25)14-7-6-9-23-10-8-11-24(19-23)20-33(21-29(34)35)31(36)39-27-17-15-26(37-2)16-18-27/h3-5,8,10-13,15-19H,6-7,9,14,20-21H2,1-2H3,(H,34,35). The Morgan fingerprint density at radius 2 is 1.59 bits per heavy atom. The third kappa shape index (κ3) is 7.95. The smallest absolute Gasteiger partial charge is 0.416 e. The summed E-state index contributed by atoms with van der Waals surface area (Å²) in [7, 11) is 1.54. The third-order valence-electron chi connectivity index (χ3n) is 6.26. The molecule has 0 aliphatic carbocycles. The van der Waals surface area contributed by atoms with E-state index in [2.05, 4.69) is 4.98 Å². The lowest BCUT2D eigenvalue weighted by atomic mass is 10.0. The number of carbonyl (C=O) groups excluding carboxylic acids is 1. The maximum atomic E-state index is 12.8. The molecular weight excluding hydrogens is 496 g/mol. The number of aryl methyl sites for hydroxylation is 3. The molecule has 0 bridgehead atoms. The zero-order valence-electron chi connectivity index (χ0n) is 22.1. The lowest BCUT2D eigenvalue weighted by molar-refractivity contribution is -0.138. The Morgan fingerprint density at radius 3 is 2.31 bits per heavy atom. The number of nitrogens with zero attached hydrogens (tertiary/aromatic N) is 2. The van der Waals surface area contributed by atoms with Crippen LogP contribution in [-0.2, 0) is 24.2 Å². The van der Waals surface area contributed by atoms with Crippen LogP contribution in [0, 0.1) is 6.92 Å². The van der Waals surface area contributed by atoms with Gasteiger partial charge < -0.3 is 19.0 Å². The Labute approximate surface area is 227 Å². The lowest BCUT2D eigenvalue weighted by Gasteiger charge is -2.20. The molecule has 4 rings (SSSR count). The number of aromatic nitrogens is 1. The number of carbonyl (C=O) groups is 2. The van der Waals surface area contributed by atoms with Crippen molar-refractivity contribution in [1.82, 2.24) is 9.88 Å². The first kappa shape index (κ1) is 27.4. The van der Waals surface area contributed by atoms with Gasteiger partial charge in [0.2, 0.25) is 5.89 Å². The number of aliphatic carboxylic acids is 1. The van der Waals surface area contributed by atoms with E-state index in [1.807, 2.05) is 61.5 Å². The molecule has 0 atom stereocenters. The highest BCUT2D eigenvalue weighted by molar-refractivity contribution is 5.78. The van der Waals surface area contributed by atoms with Crippen LogP contribution >= 0.6 is 0 Å². The van der Waals surface area contributed by atoms with Crippen molar-refractivity contribution in [2.45, 2.75) is 39.2 Å². The van der Waals surface area contributed by atoms with Gasteiger partial charge in [0.05, 0.1) is 12.8 Å². The van der Waals surface area contributed by atoms with Crippen molar-refractivity contribution < 1.29 is 28.6 Å². The van der Waals surface area contributed by atoms with Crippen LogP contribution in [0.2, 0.25) is 0 Å². The summed E-state index contributed by atoms with van der Waals surface area (Å²) in [6.07, 6.45) is 2.85. The summed E-state index contributed by atoms with van der Waals surface area (Å²) < 4.78 is 16.4. The van der Waals surface area contributed by atoms with Crippen LogP contribution in [0.3, 0.4) is 0 Å². The molecule has 3 aromatic carbocycles. The van der Waals surface area contributed by atoms with Crippen LogP contribution in [0.1, 0.15) is 35.4 Å². The van der Waals surface area contributed by atoms with E-state index >= 15 is 0 Å². The van der Waals surface area contributed by atoms with Gasteiger partial charge in [-0.1, -0.05) is 42.5 Å². The molecule has 1 amide bonds. The summed E-state index contributed by atoms with van der Waals surface area (Å²) in [5.74, 6) is 1.31. The highest BCUT2D eigenvalue weighted by Gasteiger charge is 2.20. The normalized spacial score (nSPS) is 10.7. The number of methoxy groups -OCH3 is 1. The monoisotopic (exact) mass is 528 g/mol. The van der Waals surface area contributed by atoms with Crippen molar-refractivity contribution in [2.24, 2.45) is 0 Å². The molecule has 1 aromatic heterocycles. The minimum absolute atomic E-state index is 0.121. The zero-order chi connectivity index (χ0) is 27.6. The molecule has 1 N–H and O–H groups in total. The Bertz CT molecular complexity index is 1380. The average molecular weight is 529 g/mol. The fourth-order valence-electron chi connectivity index (χ4n) is 4.25. The second kappa shape index (κ2) is 13.3. The van der Waals surface area contributed by atoms with E-state index in [1.165, 1.54) is 4.90 Å². The molecule has 39 heavy (non-hydrogen) atoms. The number of benzene rings is 3. The molecule has 8 nitrogen and oxygen atoms in total. The molecule has 0 spiro atoms. The molecule has 8 heteroatoms. The second-order valence-corrected chi connectivity index (χ2v) is 9.21. The first-order chi connectivity index (χ1) is 18.9. The molecule has 0 saturated carbocycles. The Morgan fingerprint density at radius 1 is 0.897 bits per heavy atom. The molecule has 0 aliphatic heterocycles. The number of amides is 1. The predicted molar refractivity (Wildman–Crippen MR) is 147 cm³/mol. The number of hydrogen-bond acceptors (Lipinski definition) is 6. The van der Waals surface area contributed by atoms with Crippen molar-refractivity contribution in [2.75, 3.05) is 13.7 Å². The Balaban J connectivity index is 1.32. The molecular formula is C31H32N2O6. The topological polar surface area (TPSA) is 102 Å². The van der Waals surface area contributed by atoms with E-state index < -0.39 is 18.6 Å². The fourth-order valence-corrected chi connectivity index (χ4v) is 4.25. The van der Waals surface area contributed by atoms with Crippen molar-refractivity contribution in [3.05, 3.63) is 101 Å². The summed E-state index contributed by atoms with van der Waals surface area (Å²) in [5.41, 5.74) is 3.89. The van der Waals surface area contributed by atoms with Crippen molar-refractivity contribution >= 4 is 12.1 Å². The SMILES string of the molecule is COc1ccc(OC(=O)N(CC(=O)O)Cc2cccc(CCCCc3nc(-c4ccccc4)oc3C)c2)cc1. The molecule has 0 fully saturated rings. The van der Waals surface area contributed by atoms with E-state index in [1.54, 1.807) is 31.4 Å². The van der Waals surface area contributed by atoms with Gasteiger partial charge in [-0.15, -0.1) is 0 Å². The maximum Gasteiger partial charge on any atom is 0.416 e. The van der Waals surface area contributed by atoms with Gasteiger partial charge in [-0.2, -0.15) is 0 Å². The van der Waals surface area contributed by atoms with E-state index in [-0.39, 0.29) is 6.54 Å². The van der Waals surface area contributed by atoms with Crippen LogP contribution in [0.25, 0.3) is 11.5 Å². The lowest BCUT2D eigenvalue weighted by Crippen LogP contribution is -2.37. The van der Waals surface area contributed by atoms with Crippen LogP contribution < -0.4 is 9.47 Å². The third-order valence-corrected chi connectivity index (χ3v) is 6.26.